The van der Waals surface area contributed by atoms with Crippen LogP contribution in [0.15, 0.2) is 47.4 Å². The van der Waals surface area contributed by atoms with Crippen LogP contribution in [0.3, 0.4) is 0 Å². The summed E-state index contributed by atoms with van der Waals surface area (Å²) in [5.74, 6) is -1.35. The second-order valence-corrected chi connectivity index (χ2v) is 8.34. The molecule has 1 aliphatic rings. The first-order valence-electron chi connectivity index (χ1n) is 9.55. The van der Waals surface area contributed by atoms with Gasteiger partial charge in [0, 0.05) is 6.54 Å². The molecule has 1 heterocycles. The average Bonchev–Trinajstić information content (AvgIpc) is 3.05. The summed E-state index contributed by atoms with van der Waals surface area (Å²) in [7, 11) is 1.30. The van der Waals surface area contributed by atoms with E-state index in [2.05, 4.69) is 4.74 Å². The summed E-state index contributed by atoms with van der Waals surface area (Å²) in [5.41, 5.74) is 1.16. The SMILES string of the molecule is COc1cc(COC(=O)CCN2C(=O)/C(=C\c3ccc(F)cc3)SC2=S)ccc1OC(F)F. The van der Waals surface area contributed by atoms with E-state index in [0.717, 1.165) is 11.8 Å². The van der Waals surface area contributed by atoms with Gasteiger partial charge in [-0.05, 0) is 41.5 Å². The average molecular weight is 498 g/mol. The number of hydrogen-bond acceptors (Lipinski definition) is 7. The van der Waals surface area contributed by atoms with Crippen LogP contribution in [-0.2, 0) is 20.9 Å². The lowest BCUT2D eigenvalue weighted by Gasteiger charge is -2.14. The number of halogens is 3. The maximum atomic E-state index is 13.0. The van der Waals surface area contributed by atoms with Crippen molar-refractivity contribution in [2.45, 2.75) is 19.6 Å². The molecule has 2 aromatic rings. The Morgan fingerprint density at radius 3 is 2.58 bits per heavy atom. The number of methoxy groups -OCH3 is 1. The molecular formula is C22H18F3NO5S2. The third kappa shape index (κ3) is 6.72. The number of carbonyl (C=O) groups excluding carboxylic acids is 2. The zero-order chi connectivity index (χ0) is 24.0. The number of carbonyl (C=O) groups is 2. The quantitative estimate of drug-likeness (QED) is 0.281. The molecule has 0 saturated carbocycles. The molecule has 33 heavy (non-hydrogen) atoms. The van der Waals surface area contributed by atoms with E-state index in [4.69, 9.17) is 21.7 Å². The largest absolute Gasteiger partial charge is 0.493 e. The molecule has 0 N–H and O–H groups in total. The number of esters is 1. The molecule has 0 atom stereocenters. The van der Waals surface area contributed by atoms with Gasteiger partial charge in [0.05, 0.1) is 18.4 Å². The van der Waals surface area contributed by atoms with Gasteiger partial charge in [-0.15, -0.1) is 0 Å². The standard InChI is InChI=1S/C22H18F3NO5S2/c1-29-17-10-14(4-7-16(17)31-21(24)25)12-30-19(27)8-9-26-20(28)18(33-22(26)32)11-13-2-5-15(23)6-3-13/h2-7,10-11,21H,8-9,12H2,1H3/b18-11+. The molecule has 174 valence electrons. The summed E-state index contributed by atoms with van der Waals surface area (Å²) in [6.07, 6.45) is 1.51. The van der Waals surface area contributed by atoms with Gasteiger partial charge in [0.25, 0.3) is 5.91 Å². The molecule has 6 nitrogen and oxygen atoms in total. The highest BCUT2D eigenvalue weighted by molar-refractivity contribution is 8.26. The smallest absolute Gasteiger partial charge is 0.387 e. The molecule has 1 fully saturated rings. The molecule has 0 bridgehead atoms. The molecule has 0 aliphatic carbocycles. The maximum absolute atomic E-state index is 13.0. The monoisotopic (exact) mass is 497 g/mol. The summed E-state index contributed by atoms with van der Waals surface area (Å²) in [4.78, 5) is 26.4. The van der Waals surface area contributed by atoms with Crippen LogP contribution in [0.4, 0.5) is 13.2 Å². The van der Waals surface area contributed by atoms with E-state index in [1.807, 2.05) is 0 Å². The summed E-state index contributed by atoms with van der Waals surface area (Å²) in [6, 6.07) is 9.85. The van der Waals surface area contributed by atoms with Gasteiger partial charge < -0.3 is 14.2 Å². The number of amides is 1. The van der Waals surface area contributed by atoms with Crippen molar-refractivity contribution in [3.63, 3.8) is 0 Å². The molecule has 1 saturated heterocycles. The summed E-state index contributed by atoms with van der Waals surface area (Å²) < 4.78 is 52.7. The van der Waals surface area contributed by atoms with E-state index in [-0.39, 0.29) is 42.8 Å². The predicted octanol–water partition coefficient (Wildman–Crippen LogP) is 4.77. The molecule has 1 amide bonds. The Kier molecular flexibility index (Phi) is 8.34. The van der Waals surface area contributed by atoms with Crippen LogP contribution in [0.2, 0.25) is 0 Å². The van der Waals surface area contributed by atoms with E-state index in [1.54, 1.807) is 18.2 Å². The van der Waals surface area contributed by atoms with Crippen molar-refractivity contribution in [1.82, 2.24) is 4.90 Å². The van der Waals surface area contributed by atoms with Gasteiger partial charge in [0.2, 0.25) is 0 Å². The highest BCUT2D eigenvalue weighted by Crippen LogP contribution is 2.33. The van der Waals surface area contributed by atoms with Crippen molar-refractivity contribution in [2.24, 2.45) is 0 Å². The second kappa shape index (κ2) is 11.2. The lowest BCUT2D eigenvalue weighted by molar-refractivity contribution is -0.145. The molecule has 0 aromatic heterocycles. The Morgan fingerprint density at radius 1 is 1.18 bits per heavy atom. The van der Waals surface area contributed by atoms with Gasteiger partial charge >= 0.3 is 12.6 Å². The van der Waals surface area contributed by atoms with Crippen molar-refractivity contribution in [1.29, 1.82) is 0 Å². The van der Waals surface area contributed by atoms with Crippen LogP contribution in [0.1, 0.15) is 17.5 Å². The molecule has 0 radical (unpaired) electrons. The zero-order valence-electron chi connectivity index (χ0n) is 17.3. The molecule has 2 aromatic carbocycles. The van der Waals surface area contributed by atoms with Crippen molar-refractivity contribution in [3.05, 3.63) is 64.3 Å². The molecule has 3 rings (SSSR count). The van der Waals surface area contributed by atoms with Crippen LogP contribution < -0.4 is 9.47 Å². The topological polar surface area (TPSA) is 65.1 Å². The van der Waals surface area contributed by atoms with Gasteiger partial charge in [0.15, 0.2) is 11.5 Å². The van der Waals surface area contributed by atoms with Gasteiger partial charge in [0.1, 0.15) is 16.7 Å². The Labute approximate surface area is 197 Å². The first kappa shape index (κ1) is 24.6. The highest BCUT2D eigenvalue weighted by Gasteiger charge is 2.32. The number of nitrogens with zero attached hydrogens (tertiary/aromatic N) is 1. The fourth-order valence-corrected chi connectivity index (χ4v) is 4.15. The minimum absolute atomic E-state index is 0.0365. The van der Waals surface area contributed by atoms with Gasteiger partial charge in [-0.25, -0.2) is 4.39 Å². The highest BCUT2D eigenvalue weighted by atomic mass is 32.2. The lowest BCUT2D eigenvalue weighted by atomic mass is 10.2. The maximum Gasteiger partial charge on any atom is 0.387 e. The first-order valence-corrected chi connectivity index (χ1v) is 10.8. The zero-order valence-corrected chi connectivity index (χ0v) is 18.9. The Bertz CT molecular complexity index is 1080. The third-order valence-corrected chi connectivity index (χ3v) is 5.80. The number of rotatable bonds is 9. The minimum atomic E-state index is -2.99. The molecular weight excluding hydrogens is 479 g/mol. The first-order chi connectivity index (χ1) is 15.8. The minimum Gasteiger partial charge on any atom is -0.493 e. The van der Waals surface area contributed by atoms with E-state index >= 15 is 0 Å². The molecule has 0 spiro atoms. The third-order valence-electron chi connectivity index (χ3n) is 4.42. The van der Waals surface area contributed by atoms with Gasteiger partial charge in [-0.2, -0.15) is 8.78 Å². The Morgan fingerprint density at radius 2 is 1.91 bits per heavy atom. The van der Waals surface area contributed by atoms with Crippen LogP contribution >= 0.6 is 24.0 Å². The Hall–Kier alpha value is -3.05. The van der Waals surface area contributed by atoms with Gasteiger partial charge in [-0.3, -0.25) is 14.5 Å². The number of hydrogen-bond donors (Lipinski definition) is 0. The number of thioether (sulfide) groups is 1. The van der Waals surface area contributed by atoms with Crippen LogP contribution in [-0.4, -0.2) is 41.4 Å². The number of ether oxygens (including phenoxy) is 3. The lowest BCUT2D eigenvalue weighted by Crippen LogP contribution is -2.30. The summed E-state index contributed by atoms with van der Waals surface area (Å²) in [6.45, 7) is -3.08. The van der Waals surface area contributed by atoms with Crippen LogP contribution in [0.5, 0.6) is 11.5 Å². The molecule has 11 heteroatoms. The van der Waals surface area contributed by atoms with E-state index in [1.165, 1.54) is 42.3 Å². The van der Waals surface area contributed by atoms with Crippen molar-refractivity contribution < 1.29 is 37.0 Å². The van der Waals surface area contributed by atoms with E-state index in [9.17, 15) is 22.8 Å². The van der Waals surface area contributed by atoms with Crippen molar-refractivity contribution in [2.75, 3.05) is 13.7 Å². The molecule has 0 unspecified atom stereocenters. The summed E-state index contributed by atoms with van der Waals surface area (Å²) >= 11 is 6.33. The number of alkyl halides is 2. The number of benzene rings is 2. The van der Waals surface area contributed by atoms with Gasteiger partial charge in [-0.1, -0.05) is 42.2 Å². The Balaban J connectivity index is 1.53. The fraction of sp³-hybridized carbons (Fsp3) is 0.227. The van der Waals surface area contributed by atoms with Crippen LogP contribution in [0.25, 0.3) is 6.08 Å². The van der Waals surface area contributed by atoms with E-state index in [0.29, 0.717) is 20.4 Å². The normalized spacial score (nSPS) is 14.8. The molecule has 1 aliphatic heterocycles. The fourth-order valence-electron chi connectivity index (χ4n) is 2.84. The number of thiocarbonyl (C=S) groups is 1. The second-order valence-electron chi connectivity index (χ2n) is 6.66. The summed E-state index contributed by atoms with van der Waals surface area (Å²) in [5, 5.41) is 0. The predicted molar refractivity (Wildman–Crippen MR) is 120 cm³/mol. The van der Waals surface area contributed by atoms with Crippen molar-refractivity contribution >= 4 is 46.3 Å². The van der Waals surface area contributed by atoms with Crippen molar-refractivity contribution in [3.8, 4) is 11.5 Å². The van der Waals surface area contributed by atoms with E-state index < -0.39 is 12.6 Å². The van der Waals surface area contributed by atoms with Crippen LogP contribution in [0, 0.1) is 5.82 Å².